The van der Waals surface area contributed by atoms with Crippen molar-refractivity contribution >= 4 is 11.4 Å². The molecule has 3 aromatic carbocycles. The maximum atomic E-state index is 5.78. The van der Waals surface area contributed by atoms with Gasteiger partial charge in [-0.15, -0.1) is 0 Å². The molecule has 0 N–H and O–H groups in total. The van der Waals surface area contributed by atoms with Gasteiger partial charge < -0.3 is 14.5 Å². The van der Waals surface area contributed by atoms with Gasteiger partial charge in [-0.2, -0.15) is 5.10 Å². The molecule has 174 valence electrons. The number of benzene rings is 3. The van der Waals surface area contributed by atoms with Gasteiger partial charge in [-0.05, 0) is 49.2 Å². The van der Waals surface area contributed by atoms with Crippen LogP contribution in [0.2, 0.25) is 0 Å². The van der Waals surface area contributed by atoms with Crippen molar-refractivity contribution in [1.82, 2.24) is 9.78 Å². The number of methoxy groups -OCH3 is 1. The summed E-state index contributed by atoms with van der Waals surface area (Å²) in [6, 6.07) is 23.6. The van der Waals surface area contributed by atoms with Gasteiger partial charge in [-0.1, -0.05) is 42.5 Å². The smallest absolute Gasteiger partial charge is 0.144 e. The van der Waals surface area contributed by atoms with Crippen LogP contribution >= 0.6 is 0 Å². The van der Waals surface area contributed by atoms with Crippen molar-refractivity contribution in [2.45, 2.75) is 26.8 Å². The highest BCUT2D eigenvalue weighted by molar-refractivity contribution is 5.72. The summed E-state index contributed by atoms with van der Waals surface area (Å²) >= 11 is 0. The van der Waals surface area contributed by atoms with E-state index < -0.39 is 0 Å². The molecule has 4 aromatic rings. The van der Waals surface area contributed by atoms with Crippen LogP contribution in [0.15, 0.2) is 66.7 Å². The second kappa shape index (κ2) is 8.90. The van der Waals surface area contributed by atoms with Crippen molar-refractivity contribution in [3.63, 3.8) is 0 Å². The fourth-order valence-electron chi connectivity index (χ4n) is 4.94. The molecule has 1 aliphatic rings. The van der Waals surface area contributed by atoms with E-state index in [4.69, 9.17) is 9.84 Å². The van der Waals surface area contributed by atoms with E-state index in [1.807, 2.05) is 12.1 Å². The van der Waals surface area contributed by atoms with Crippen LogP contribution in [0.1, 0.15) is 22.4 Å². The number of aryl methyl sites for hydroxylation is 2. The van der Waals surface area contributed by atoms with Crippen LogP contribution in [0.3, 0.4) is 0 Å². The molecule has 0 saturated heterocycles. The number of hydrogen-bond acceptors (Lipinski definition) is 4. The van der Waals surface area contributed by atoms with Gasteiger partial charge >= 0.3 is 0 Å². The minimum absolute atomic E-state index is 0.832. The molecule has 5 heteroatoms. The van der Waals surface area contributed by atoms with Crippen molar-refractivity contribution in [3.8, 4) is 22.7 Å². The van der Waals surface area contributed by atoms with Gasteiger partial charge in [0.15, 0.2) is 0 Å². The summed E-state index contributed by atoms with van der Waals surface area (Å²) in [6.45, 7) is 6.10. The maximum Gasteiger partial charge on any atom is 0.144 e. The molecule has 0 fully saturated rings. The Labute approximate surface area is 202 Å². The van der Waals surface area contributed by atoms with Crippen LogP contribution < -0.4 is 14.5 Å². The van der Waals surface area contributed by atoms with E-state index >= 15 is 0 Å². The third-order valence-electron chi connectivity index (χ3n) is 6.78. The van der Waals surface area contributed by atoms with Crippen LogP contribution in [0.25, 0.3) is 16.9 Å². The molecule has 0 spiro atoms. The van der Waals surface area contributed by atoms with E-state index in [1.165, 1.54) is 28.2 Å². The summed E-state index contributed by atoms with van der Waals surface area (Å²) in [5, 5.41) is 5.17. The summed E-state index contributed by atoms with van der Waals surface area (Å²) in [6.07, 6.45) is 0.910. The number of anilines is 2. The lowest BCUT2D eigenvalue weighted by Gasteiger charge is -2.30. The highest BCUT2D eigenvalue weighted by atomic mass is 16.5. The Morgan fingerprint density at radius 3 is 2.32 bits per heavy atom. The summed E-state index contributed by atoms with van der Waals surface area (Å²) in [7, 11) is 5.87. The normalized spacial score (nSPS) is 13.0. The van der Waals surface area contributed by atoms with Crippen molar-refractivity contribution in [1.29, 1.82) is 0 Å². The number of ether oxygens (including phenoxy) is 1. The van der Waals surface area contributed by atoms with E-state index in [0.29, 0.717) is 0 Å². The standard InChI is InChI=1S/C29H32N4O/c1-20-9-6-7-11-26(20)32-18-17-25-24(19-32)29(22-13-15-23(16-14-22)31(3)4)33(30-25)28-21(2)10-8-12-27(28)34-5/h6-16H,17-19H2,1-5H3. The van der Waals surface area contributed by atoms with Gasteiger partial charge in [0.1, 0.15) is 11.4 Å². The fourth-order valence-corrected chi connectivity index (χ4v) is 4.94. The monoisotopic (exact) mass is 452 g/mol. The summed E-state index contributed by atoms with van der Waals surface area (Å²) in [4.78, 5) is 4.61. The molecule has 34 heavy (non-hydrogen) atoms. The molecule has 1 aromatic heterocycles. The molecule has 0 aliphatic carbocycles. The van der Waals surface area contributed by atoms with E-state index in [1.54, 1.807) is 7.11 Å². The van der Waals surface area contributed by atoms with Gasteiger partial charge in [0.25, 0.3) is 0 Å². The van der Waals surface area contributed by atoms with Gasteiger partial charge in [-0.25, -0.2) is 4.68 Å². The van der Waals surface area contributed by atoms with E-state index in [0.717, 1.165) is 47.8 Å². The predicted octanol–water partition coefficient (Wildman–Crippen LogP) is 5.79. The van der Waals surface area contributed by atoms with Gasteiger partial charge in [0.05, 0.1) is 18.5 Å². The number of rotatable bonds is 5. The summed E-state index contributed by atoms with van der Waals surface area (Å²) < 4.78 is 7.90. The lowest BCUT2D eigenvalue weighted by atomic mass is 9.99. The first kappa shape index (κ1) is 22.1. The molecule has 0 radical (unpaired) electrons. The third-order valence-corrected chi connectivity index (χ3v) is 6.78. The van der Waals surface area contributed by atoms with Crippen LogP contribution in [-0.2, 0) is 13.0 Å². The molecule has 2 heterocycles. The van der Waals surface area contributed by atoms with E-state index in [-0.39, 0.29) is 0 Å². The average molecular weight is 453 g/mol. The molecule has 1 aliphatic heterocycles. The largest absolute Gasteiger partial charge is 0.494 e. The fraction of sp³-hybridized carbons (Fsp3) is 0.276. The lowest BCUT2D eigenvalue weighted by Crippen LogP contribution is -2.30. The number of aromatic nitrogens is 2. The van der Waals surface area contributed by atoms with Crippen LogP contribution in [-0.4, -0.2) is 37.5 Å². The van der Waals surface area contributed by atoms with Crippen molar-refractivity contribution in [2.24, 2.45) is 0 Å². The molecular formula is C29H32N4O. The number of para-hydroxylation sites is 2. The minimum Gasteiger partial charge on any atom is -0.494 e. The molecule has 5 nitrogen and oxygen atoms in total. The molecule has 0 unspecified atom stereocenters. The van der Waals surface area contributed by atoms with Gasteiger partial charge in [0, 0.05) is 56.1 Å². The van der Waals surface area contributed by atoms with Gasteiger partial charge in [-0.3, -0.25) is 0 Å². The number of nitrogens with zero attached hydrogens (tertiary/aromatic N) is 4. The van der Waals surface area contributed by atoms with Crippen LogP contribution in [0.4, 0.5) is 11.4 Å². The number of fused-ring (bicyclic) bond motifs is 1. The third kappa shape index (κ3) is 3.81. The first-order valence-electron chi connectivity index (χ1n) is 11.8. The lowest BCUT2D eigenvalue weighted by molar-refractivity contribution is 0.411. The van der Waals surface area contributed by atoms with Crippen molar-refractivity contribution < 1.29 is 4.74 Å². The average Bonchev–Trinajstić information content (AvgIpc) is 3.22. The van der Waals surface area contributed by atoms with Gasteiger partial charge in [0.2, 0.25) is 0 Å². The molecule has 0 amide bonds. The predicted molar refractivity (Wildman–Crippen MR) is 141 cm³/mol. The zero-order valence-electron chi connectivity index (χ0n) is 20.7. The highest BCUT2D eigenvalue weighted by Crippen LogP contribution is 2.38. The minimum atomic E-state index is 0.832. The Hall–Kier alpha value is -3.73. The number of hydrogen-bond donors (Lipinski definition) is 0. The second-order valence-corrected chi connectivity index (χ2v) is 9.21. The topological polar surface area (TPSA) is 33.5 Å². The zero-order valence-corrected chi connectivity index (χ0v) is 20.7. The molecule has 0 saturated carbocycles. The second-order valence-electron chi connectivity index (χ2n) is 9.21. The molecule has 0 atom stereocenters. The van der Waals surface area contributed by atoms with Crippen LogP contribution in [0, 0.1) is 13.8 Å². The molecule has 0 bridgehead atoms. The van der Waals surface area contributed by atoms with E-state index in [9.17, 15) is 0 Å². The van der Waals surface area contributed by atoms with Crippen molar-refractivity contribution in [2.75, 3.05) is 37.5 Å². The first-order chi connectivity index (χ1) is 16.5. The van der Waals surface area contributed by atoms with Crippen LogP contribution in [0.5, 0.6) is 5.75 Å². The Balaban J connectivity index is 1.70. The first-order valence-corrected chi connectivity index (χ1v) is 11.8. The molecule has 5 rings (SSSR count). The maximum absolute atomic E-state index is 5.78. The quantitative estimate of drug-likeness (QED) is 0.384. The molecular weight excluding hydrogens is 420 g/mol. The van der Waals surface area contributed by atoms with E-state index in [2.05, 4.69) is 97.0 Å². The summed E-state index contributed by atoms with van der Waals surface area (Å²) in [5.74, 6) is 0.835. The Morgan fingerprint density at radius 2 is 1.62 bits per heavy atom. The Bertz CT molecular complexity index is 1320. The summed E-state index contributed by atoms with van der Waals surface area (Å²) in [5.41, 5.74) is 10.7. The highest BCUT2D eigenvalue weighted by Gasteiger charge is 2.28. The SMILES string of the molecule is COc1cccc(C)c1-n1nc2c(c1-c1ccc(N(C)C)cc1)CN(c1ccccc1C)CC2. The van der Waals surface area contributed by atoms with Crippen molar-refractivity contribution in [3.05, 3.63) is 89.1 Å². The Kier molecular flexibility index (Phi) is 5.78. The Morgan fingerprint density at radius 1 is 0.882 bits per heavy atom. The zero-order chi connectivity index (χ0) is 23.8.